The largest absolute Gasteiger partial charge is 0.377 e. The number of anilines is 1. The van der Waals surface area contributed by atoms with E-state index in [0.29, 0.717) is 6.04 Å². The minimum atomic E-state index is 0.463. The van der Waals surface area contributed by atoms with Crippen molar-refractivity contribution in [1.29, 1.82) is 0 Å². The third-order valence-corrected chi connectivity index (χ3v) is 2.84. The molecule has 3 nitrogen and oxygen atoms in total. The van der Waals surface area contributed by atoms with E-state index in [0.717, 1.165) is 24.9 Å². The Morgan fingerprint density at radius 2 is 2.67 bits per heavy atom. The summed E-state index contributed by atoms with van der Waals surface area (Å²) in [5, 5.41) is 3.13. The second kappa shape index (κ2) is 3.41. The zero-order valence-electron chi connectivity index (χ0n) is 7.06. The Labute approximate surface area is 76.0 Å². The summed E-state index contributed by atoms with van der Waals surface area (Å²) in [6, 6.07) is 0.463. The molecule has 1 aromatic heterocycles. The van der Waals surface area contributed by atoms with Crippen LogP contribution in [0.4, 0.5) is 5.13 Å². The minimum Gasteiger partial charge on any atom is -0.377 e. The molecule has 12 heavy (non-hydrogen) atoms. The first-order valence-corrected chi connectivity index (χ1v) is 5.00. The van der Waals surface area contributed by atoms with Gasteiger partial charge in [-0.1, -0.05) is 0 Å². The summed E-state index contributed by atoms with van der Waals surface area (Å²) in [6.45, 7) is 4.78. The molecule has 1 atom stereocenters. The molecule has 1 unspecified atom stereocenters. The number of morpholine rings is 1. The average molecular weight is 184 g/mol. The van der Waals surface area contributed by atoms with Crippen LogP contribution in [-0.4, -0.2) is 30.8 Å². The van der Waals surface area contributed by atoms with Gasteiger partial charge < -0.3 is 9.64 Å². The molecule has 1 aliphatic rings. The molecule has 0 spiro atoms. The van der Waals surface area contributed by atoms with Gasteiger partial charge in [-0.05, 0) is 6.92 Å². The molecule has 2 rings (SSSR count). The van der Waals surface area contributed by atoms with Crippen molar-refractivity contribution in [3.63, 3.8) is 0 Å². The molecular weight excluding hydrogens is 172 g/mol. The Balaban J connectivity index is 2.11. The van der Waals surface area contributed by atoms with Crippen LogP contribution in [0.25, 0.3) is 0 Å². The van der Waals surface area contributed by atoms with Crippen LogP contribution >= 0.6 is 11.3 Å². The standard InChI is InChI=1S/C8H12N2OS/c1-7-6-11-4-3-10(7)8-9-2-5-12-8/h2,5,7H,3-4,6H2,1H3. The van der Waals surface area contributed by atoms with Crippen LogP contribution in [0.3, 0.4) is 0 Å². The van der Waals surface area contributed by atoms with Crippen molar-refractivity contribution in [3.05, 3.63) is 11.6 Å². The summed E-state index contributed by atoms with van der Waals surface area (Å²) in [5.74, 6) is 0. The van der Waals surface area contributed by atoms with Crippen molar-refractivity contribution in [3.8, 4) is 0 Å². The van der Waals surface area contributed by atoms with Gasteiger partial charge in [0.25, 0.3) is 0 Å². The number of hydrogen-bond acceptors (Lipinski definition) is 4. The maximum atomic E-state index is 5.35. The average Bonchev–Trinajstić information content (AvgIpc) is 2.57. The molecule has 1 aromatic rings. The lowest BCUT2D eigenvalue weighted by Crippen LogP contribution is -2.43. The number of nitrogens with zero attached hydrogens (tertiary/aromatic N) is 2. The van der Waals surface area contributed by atoms with Gasteiger partial charge in [-0.15, -0.1) is 11.3 Å². The fraction of sp³-hybridized carbons (Fsp3) is 0.625. The van der Waals surface area contributed by atoms with Gasteiger partial charge in [-0.2, -0.15) is 0 Å². The molecule has 4 heteroatoms. The Morgan fingerprint density at radius 1 is 1.75 bits per heavy atom. The zero-order chi connectivity index (χ0) is 8.39. The number of hydrogen-bond donors (Lipinski definition) is 0. The van der Waals surface area contributed by atoms with Crippen LogP contribution in [-0.2, 0) is 4.74 Å². The molecule has 0 aromatic carbocycles. The predicted octanol–water partition coefficient (Wildman–Crippen LogP) is 1.37. The first-order chi connectivity index (χ1) is 5.88. The zero-order valence-corrected chi connectivity index (χ0v) is 7.88. The Kier molecular flexibility index (Phi) is 2.28. The molecule has 1 fully saturated rings. The van der Waals surface area contributed by atoms with E-state index >= 15 is 0 Å². The van der Waals surface area contributed by atoms with Crippen LogP contribution in [0.5, 0.6) is 0 Å². The molecule has 0 aliphatic carbocycles. The molecule has 0 amide bonds. The van der Waals surface area contributed by atoms with Crippen LogP contribution in [0.15, 0.2) is 11.6 Å². The lowest BCUT2D eigenvalue weighted by Gasteiger charge is -2.32. The van der Waals surface area contributed by atoms with E-state index in [1.54, 1.807) is 11.3 Å². The van der Waals surface area contributed by atoms with Crippen LogP contribution in [0.1, 0.15) is 6.92 Å². The molecule has 1 aliphatic heterocycles. The van der Waals surface area contributed by atoms with E-state index in [1.165, 1.54) is 0 Å². The van der Waals surface area contributed by atoms with Crippen molar-refractivity contribution in [2.45, 2.75) is 13.0 Å². The van der Waals surface area contributed by atoms with Gasteiger partial charge in [0.1, 0.15) is 0 Å². The number of rotatable bonds is 1. The minimum absolute atomic E-state index is 0.463. The van der Waals surface area contributed by atoms with Gasteiger partial charge in [0.2, 0.25) is 0 Å². The second-order valence-electron chi connectivity index (χ2n) is 2.93. The highest BCUT2D eigenvalue weighted by Gasteiger charge is 2.20. The number of thiazole rings is 1. The molecule has 0 N–H and O–H groups in total. The fourth-order valence-electron chi connectivity index (χ4n) is 1.37. The quantitative estimate of drug-likeness (QED) is 0.659. The molecule has 1 saturated heterocycles. The molecule has 0 bridgehead atoms. The lowest BCUT2D eigenvalue weighted by atomic mass is 10.3. The fourth-order valence-corrected chi connectivity index (χ4v) is 2.14. The van der Waals surface area contributed by atoms with E-state index in [-0.39, 0.29) is 0 Å². The van der Waals surface area contributed by atoms with Crippen LogP contribution in [0.2, 0.25) is 0 Å². The first kappa shape index (κ1) is 8.01. The second-order valence-corrected chi connectivity index (χ2v) is 3.81. The van der Waals surface area contributed by atoms with Crippen molar-refractivity contribution >= 4 is 16.5 Å². The normalized spacial score (nSPS) is 24.4. The maximum Gasteiger partial charge on any atom is 0.185 e. The topological polar surface area (TPSA) is 25.4 Å². The molecule has 0 saturated carbocycles. The van der Waals surface area contributed by atoms with E-state index in [9.17, 15) is 0 Å². The van der Waals surface area contributed by atoms with Gasteiger partial charge >= 0.3 is 0 Å². The van der Waals surface area contributed by atoms with Crippen molar-refractivity contribution in [2.75, 3.05) is 24.7 Å². The number of aromatic nitrogens is 1. The summed E-state index contributed by atoms with van der Waals surface area (Å²) < 4.78 is 5.35. The van der Waals surface area contributed by atoms with Crippen molar-refractivity contribution < 1.29 is 4.74 Å². The SMILES string of the molecule is CC1COCCN1c1nccs1. The smallest absolute Gasteiger partial charge is 0.185 e. The van der Waals surface area contributed by atoms with Gasteiger partial charge in [0.05, 0.1) is 19.3 Å². The third kappa shape index (κ3) is 1.44. The van der Waals surface area contributed by atoms with E-state index in [2.05, 4.69) is 16.8 Å². The van der Waals surface area contributed by atoms with Crippen LogP contribution in [0, 0.1) is 0 Å². The highest BCUT2D eigenvalue weighted by Crippen LogP contribution is 2.21. The predicted molar refractivity (Wildman–Crippen MR) is 49.7 cm³/mol. The summed E-state index contributed by atoms with van der Waals surface area (Å²) >= 11 is 1.69. The highest BCUT2D eigenvalue weighted by atomic mass is 32.1. The third-order valence-electron chi connectivity index (χ3n) is 2.03. The van der Waals surface area contributed by atoms with Crippen molar-refractivity contribution in [2.24, 2.45) is 0 Å². The van der Waals surface area contributed by atoms with Crippen LogP contribution < -0.4 is 4.90 Å². The van der Waals surface area contributed by atoms with Crippen molar-refractivity contribution in [1.82, 2.24) is 4.98 Å². The van der Waals surface area contributed by atoms with Gasteiger partial charge in [0, 0.05) is 18.1 Å². The molecule has 0 radical (unpaired) electrons. The summed E-state index contributed by atoms with van der Waals surface area (Å²) in [7, 11) is 0. The van der Waals surface area contributed by atoms with E-state index in [4.69, 9.17) is 4.74 Å². The molecule has 66 valence electrons. The van der Waals surface area contributed by atoms with E-state index in [1.807, 2.05) is 11.6 Å². The highest BCUT2D eigenvalue weighted by molar-refractivity contribution is 7.13. The maximum absolute atomic E-state index is 5.35. The Morgan fingerprint density at radius 3 is 3.33 bits per heavy atom. The Hall–Kier alpha value is -0.610. The molecule has 2 heterocycles. The monoisotopic (exact) mass is 184 g/mol. The van der Waals surface area contributed by atoms with Gasteiger partial charge in [-0.25, -0.2) is 4.98 Å². The first-order valence-electron chi connectivity index (χ1n) is 4.12. The Bertz CT molecular complexity index is 237. The van der Waals surface area contributed by atoms with Gasteiger partial charge in [-0.3, -0.25) is 0 Å². The van der Waals surface area contributed by atoms with E-state index < -0.39 is 0 Å². The molecular formula is C8H12N2OS. The van der Waals surface area contributed by atoms with Gasteiger partial charge in [0.15, 0.2) is 5.13 Å². The number of ether oxygens (including phenoxy) is 1. The lowest BCUT2D eigenvalue weighted by molar-refractivity contribution is 0.0989. The summed E-state index contributed by atoms with van der Waals surface area (Å²) in [6.07, 6.45) is 1.85. The summed E-state index contributed by atoms with van der Waals surface area (Å²) in [4.78, 5) is 6.58. The summed E-state index contributed by atoms with van der Waals surface area (Å²) in [5.41, 5.74) is 0.